The Labute approximate surface area is 222 Å². The summed E-state index contributed by atoms with van der Waals surface area (Å²) in [4.78, 5) is 27.7. The summed E-state index contributed by atoms with van der Waals surface area (Å²) in [7, 11) is 1.67. The van der Waals surface area contributed by atoms with Gasteiger partial charge in [0, 0.05) is 35.6 Å². The number of ether oxygens (including phenoxy) is 2. The van der Waals surface area contributed by atoms with Gasteiger partial charge in [-0.05, 0) is 30.0 Å². The van der Waals surface area contributed by atoms with Crippen molar-refractivity contribution >= 4 is 45.1 Å². The van der Waals surface area contributed by atoms with Crippen LogP contribution in [-0.4, -0.2) is 82.0 Å². The van der Waals surface area contributed by atoms with Crippen molar-refractivity contribution in [2.45, 2.75) is 20.1 Å². The molecule has 1 aliphatic heterocycles. The van der Waals surface area contributed by atoms with Gasteiger partial charge in [0.1, 0.15) is 17.6 Å². The quantitative estimate of drug-likeness (QED) is 0.190. The van der Waals surface area contributed by atoms with E-state index < -0.39 is 0 Å². The smallest absolute Gasteiger partial charge is 0.290 e. The van der Waals surface area contributed by atoms with Crippen molar-refractivity contribution in [1.29, 1.82) is 0 Å². The molecule has 0 radical (unpaired) electrons. The van der Waals surface area contributed by atoms with Crippen molar-refractivity contribution in [2.24, 2.45) is 0 Å². The number of methoxy groups -OCH3 is 1. The molecule has 0 saturated carbocycles. The Morgan fingerprint density at radius 2 is 2.11 bits per heavy atom. The number of carbonyl (C=O) groups is 2. The SMILES string of the molecule is COc1cc(C)cc2cc(-c3c(COCCO)c(CN4CCNC(=O)C4)n4ncnc(N)c34)sc12.O=CO. The van der Waals surface area contributed by atoms with E-state index in [1.54, 1.807) is 18.4 Å². The highest BCUT2D eigenvalue weighted by molar-refractivity contribution is 7.22. The van der Waals surface area contributed by atoms with Gasteiger partial charge in [0.2, 0.25) is 5.91 Å². The van der Waals surface area contributed by atoms with Crippen molar-refractivity contribution in [3.05, 3.63) is 41.3 Å². The summed E-state index contributed by atoms with van der Waals surface area (Å²) < 4.78 is 14.3. The molecular weight excluding hydrogens is 512 g/mol. The first-order chi connectivity index (χ1) is 18.4. The fourth-order valence-corrected chi connectivity index (χ4v) is 5.83. The van der Waals surface area contributed by atoms with Gasteiger partial charge in [-0.1, -0.05) is 6.07 Å². The first-order valence-corrected chi connectivity index (χ1v) is 12.7. The minimum atomic E-state index is -0.250. The molecule has 202 valence electrons. The number of aryl methyl sites for hydroxylation is 1. The van der Waals surface area contributed by atoms with E-state index >= 15 is 0 Å². The second-order valence-corrected chi connectivity index (χ2v) is 9.70. The lowest BCUT2D eigenvalue weighted by Crippen LogP contribution is -2.47. The average molecular weight is 543 g/mol. The van der Waals surface area contributed by atoms with Gasteiger partial charge in [0.25, 0.3) is 6.47 Å². The maximum absolute atomic E-state index is 12.0. The number of rotatable bonds is 8. The summed E-state index contributed by atoms with van der Waals surface area (Å²) in [5.74, 6) is 1.18. The third-order valence-corrected chi connectivity index (χ3v) is 7.31. The van der Waals surface area contributed by atoms with Gasteiger partial charge in [-0.15, -0.1) is 11.3 Å². The summed E-state index contributed by atoms with van der Waals surface area (Å²) >= 11 is 1.61. The molecule has 13 heteroatoms. The summed E-state index contributed by atoms with van der Waals surface area (Å²) in [6.07, 6.45) is 1.44. The fraction of sp³-hybridized carbons (Fsp3) is 0.360. The van der Waals surface area contributed by atoms with E-state index in [0.29, 0.717) is 31.0 Å². The molecule has 0 atom stereocenters. The Morgan fingerprint density at radius 1 is 1.32 bits per heavy atom. The molecule has 4 heterocycles. The predicted molar refractivity (Wildman–Crippen MR) is 143 cm³/mol. The van der Waals surface area contributed by atoms with Crippen LogP contribution >= 0.6 is 11.3 Å². The molecule has 5 rings (SSSR count). The number of piperazine rings is 1. The van der Waals surface area contributed by atoms with Crippen LogP contribution in [-0.2, 0) is 27.5 Å². The van der Waals surface area contributed by atoms with E-state index in [-0.39, 0.29) is 32.2 Å². The number of benzene rings is 1. The predicted octanol–water partition coefficient (Wildman–Crippen LogP) is 1.65. The normalized spacial score (nSPS) is 13.8. The maximum atomic E-state index is 12.0. The van der Waals surface area contributed by atoms with Gasteiger partial charge in [-0.3, -0.25) is 14.5 Å². The number of aromatic nitrogens is 3. The number of thiophene rings is 1. The molecule has 3 aromatic heterocycles. The molecule has 1 saturated heterocycles. The third kappa shape index (κ3) is 5.55. The van der Waals surface area contributed by atoms with Crippen molar-refractivity contribution in [3.8, 4) is 16.2 Å². The van der Waals surface area contributed by atoms with Crippen LogP contribution in [0.25, 0.3) is 26.0 Å². The van der Waals surface area contributed by atoms with E-state index in [2.05, 4.69) is 32.4 Å². The van der Waals surface area contributed by atoms with Gasteiger partial charge in [0.05, 0.1) is 43.9 Å². The topological polar surface area (TPSA) is 165 Å². The monoisotopic (exact) mass is 542 g/mol. The van der Waals surface area contributed by atoms with Crippen LogP contribution in [0.1, 0.15) is 16.8 Å². The second-order valence-electron chi connectivity index (χ2n) is 8.64. The van der Waals surface area contributed by atoms with Gasteiger partial charge in [-0.25, -0.2) is 9.50 Å². The second kappa shape index (κ2) is 12.2. The number of anilines is 1. The van der Waals surface area contributed by atoms with E-state index in [0.717, 1.165) is 49.6 Å². The average Bonchev–Trinajstić information content (AvgIpc) is 3.44. The van der Waals surface area contributed by atoms with Crippen LogP contribution in [0.3, 0.4) is 0 Å². The lowest BCUT2D eigenvalue weighted by Gasteiger charge is -2.26. The van der Waals surface area contributed by atoms with E-state index in [1.165, 1.54) is 6.33 Å². The molecule has 0 aliphatic carbocycles. The minimum absolute atomic E-state index is 0.00322. The molecule has 38 heavy (non-hydrogen) atoms. The van der Waals surface area contributed by atoms with Crippen LogP contribution < -0.4 is 15.8 Å². The number of amides is 1. The fourth-order valence-electron chi connectivity index (χ4n) is 4.62. The Bertz CT molecular complexity index is 1450. The van der Waals surface area contributed by atoms with Gasteiger partial charge < -0.3 is 30.7 Å². The summed E-state index contributed by atoms with van der Waals surface area (Å²) in [6.45, 7) is 4.31. The summed E-state index contributed by atoms with van der Waals surface area (Å²) in [5.41, 5.74) is 10.9. The maximum Gasteiger partial charge on any atom is 0.290 e. The van der Waals surface area contributed by atoms with E-state index in [4.69, 9.17) is 25.1 Å². The van der Waals surface area contributed by atoms with E-state index in [1.807, 2.05) is 17.5 Å². The van der Waals surface area contributed by atoms with Crippen molar-refractivity contribution < 1.29 is 29.3 Å². The zero-order chi connectivity index (χ0) is 27.2. The molecule has 12 nitrogen and oxygen atoms in total. The number of hydrogen-bond donors (Lipinski definition) is 4. The van der Waals surface area contributed by atoms with Crippen LogP contribution in [0.4, 0.5) is 5.82 Å². The molecule has 4 aromatic rings. The molecular formula is C25H30N6O6S. The van der Waals surface area contributed by atoms with Gasteiger partial charge in [0.15, 0.2) is 5.82 Å². The molecule has 5 N–H and O–H groups in total. The number of nitrogens with two attached hydrogens (primary N) is 1. The van der Waals surface area contributed by atoms with E-state index in [9.17, 15) is 9.90 Å². The molecule has 1 aromatic carbocycles. The number of carbonyl (C=O) groups excluding carboxylic acids is 1. The van der Waals surface area contributed by atoms with Crippen LogP contribution in [0.2, 0.25) is 0 Å². The van der Waals surface area contributed by atoms with Gasteiger partial charge >= 0.3 is 0 Å². The standard InChI is InChI=1S/C24H28N6O4S.CH2O2/c1-14-7-15-9-19(35-23(15)18(8-14)33-2)21-16(12-34-6-5-31)17(10-29-4-3-26-20(32)11-29)30-22(21)24(25)27-13-28-30;2-1-3/h7-9,13,31H,3-6,10-12H2,1-2H3,(H,26,32)(H2,25,27,28);1H,(H,2,3). The number of fused-ring (bicyclic) bond motifs is 2. The number of nitrogens with one attached hydrogen (secondary N) is 1. The highest BCUT2D eigenvalue weighted by Crippen LogP contribution is 2.44. The first kappa shape index (κ1) is 27.3. The Morgan fingerprint density at radius 3 is 2.82 bits per heavy atom. The largest absolute Gasteiger partial charge is 0.495 e. The first-order valence-electron chi connectivity index (χ1n) is 11.9. The van der Waals surface area contributed by atoms with Crippen molar-refractivity contribution in [1.82, 2.24) is 24.8 Å². The van der Waals surface area contributed by atoms with Crippen molar-refractivity contribution in [2.75, 3.05) is 45.7 Å². The molecule has 0 spiro atoms. The van der Waals surface area contributed by atoms with Crippen molar-refractivity contribution in [3.63, 3.8) is 0 Å². The molecule has 0 unspecified atom stereocenters. The number of nitrogens with zero attached hydrogens (tertiary/aromatic N) is 4. The number of carboxylic acid groups (broad SMARTS) is 1. The zero-order valence-corrected chi connectivity index (χ0v) is 22.0. The highest BCUT2D eigenvalue weighted by Gasteiger charge is 2.27. The Balaban J connectivity index is 0.00000107. The number of hydrogen-bond acceptors (Lipinski definition) is 10. The minimum Gasteiger partial charge on any atom is -0.495 e. The van der Waals surface area contributed by atoms with Gasteiger partial charge in [-0.2, -0.15) is 5.10 Å². The zero-order valence-electron chi connectivity index (χ0n) is 21.1. The summed E-state index contributed by atoms with van der Waals surface area (Å²) in [6, 6.07) is 6.28. The molecule has 1 amide bonds. The third-order valence-electron chi connectivity index (χ3n) is 6.13. The molecule has 1 fully saturated rings. The van der Waals surface area contributed by atoms with Crippen LogP contribution in [0.5, 0.6) is 5.75 Å². The lowest BCUT2D eigenvalue weighted by molar-refractivity contribution is -0.124. The molecule has 1 aliphatic rings. The summed E-state index contributed by atoms with van der Waals surface area (Å²) in [5, 5.41) is 24.7. The lowest BCUT2D eigenvalue weighted by atomic mass is 10.1. The number of aliphatic hydroxyl groups excluding tert-OH is 1. The Kier molecular flexibility index (Phi) is 8.73. The number of aliphatic hydroxyl groups is 1. The number of nitrogen functional groups attached to an aromatic ring is 1. The molecule has 0 bridgehead atoms. The van der Waals surface area contributed by atoms with Crippen LogP contribution in [0.15, 0.2) is 24.5 Å². The Hall–Kier alpha value is -3.78. The highest BCUT2D eigenvalue weighted by atomic mass is 32.1. The van der Waals surface area contributed by atoms with Crippen LogP contribution in [0, 0.1) is 6.92 Å².